The monoisotopic (exact) mass is 484 g/mol. The quantitative estimate of drug-likeness (QED) is 0.483. The molecule has 0 saturated carbocycles. The van der Waals surface area contributed by atoms with E-state index in [0.717, 1.165) is 11.3 Å². The number of piperidine rings is 1. The van der Waals surface area contributed by atoms with Crippen molar-refractivity contribution in [2.24, 2.45) is 5.92 Å². The maximum Gasteiger partial charge on any atom is 0.246 e. The van der Waals surface area contributed by atoms with Crippen LogP contribution in [0.25, 0.3) is 11.4 Å². The third-order valence-electron chi connectivity index (χ3n) is 5.75. The molecule has 3 aromatic rings. The van der Waals surface area contributed by atoms with Crippen LogP contribution in [-0.4, -0.2) is 60.4 Å². The van der Waals surface area contributed by atoms with Gasteiger partial charge in [-0.2, -0.15) is 9.29 Å². The summed E-state index contributed by atoms with van der Waals surface area (Å²) in [6.07, 6.45) is 1.25. The molecule has 0 spiro atoms. The normalized spacial score (nSPS) is 16.8. The Bertz CT molecular complexity index is 1210. The Morgan fingerprint density at radius 1 is 1.18 bits per heavy atom. The number of aromatic nitrogens is 2. The van der Waals surface area contributed by atoms with Crippen LogP contribution in [-0.2, 0) is 21.4 Å². The largest absolute Gasteiger partial charge is 0.494 e. The zero-order chi connectivity index (χ0) is 24.1. The highest BCUT2D eigenvalue weighted by Gasteiger charge is 2.34. The molecule has 2 aromatic carbocycles. The molecule has 1 aromatic heterocycles. The van der Waals surface area contributed by atoms with Crippen LogP contribution in [0.2, 0.25) is 0 Å². The smallest absolute Gasteiger partial charge is 0.246 e. The van der Waals surface area contributed by atoms with Gasteiger partial charge in [-0.25, -0.2) is 8.42 Å². The van der Waals surface area contributed by atoms with Crippen LogP contribution >= 0.6 is 0 Å². The molecule has 0 N–H and O–H groups in total. The first-order chi connectivity index (χ1) is 16.4. The van der Waals surface area contributed by atoms with E-state index in [1.165, 1.54) is 9.21 Å². The standard InChI is InChI=1S/C24H28N4O5S/c1-3-32-20-13-11-18(12-14-20)23-25-22(33-26-23)17-27(2)24(29)19-8-7-15-28(16-19)34(30,31)21-9-5-4-6-10-21/h4-6,9-14,19H,3,7-8,15-17H2,1-2H3. The van der Waals surface area contributed by atoms with Gasteiger partial charge in [0.25, 0.3) is 0 Å². The van der Waals surface area contributed by atoms with Crippen molar-refractivity contribution < 1.29 is 22.5 Å². The molecule has 1 unspecified atom stereocenters. The number of hydrogen-bond donors (Lipinski definition) is 0. The molecule has 1 saturated heterocycles. The van der Waals surface area contributed by atoms with Gasteiger partial charge >= 0.3 is 0 Å². The number of carbonyl (C=O) groups excluding carboxylic acids is 1. The summed E-state index contributed by atoms with van der Waals surface area (Å²) < 4.78 is 38.1. The van der Waals surface area contributed by atoms with Crippen molar-refractivity contribution in [1.29, 1.82) is 0 Å². The number of amides is 1. The summed E-state index contributed by atoms with van der Waals surface area (Å²) in [4.78, 5) is 19.2. The van der Waals surface area contributed by atoms with E-state index in [1.54, 1.807) is 37.4 Å². The molecule has 1 amide bonds. The molecule has 0 radical (unpaired) electrons. The summed E-state index contributed by atoms with van der Waals surface area (Å²) in [6, 6.07) is 15.7. The zero-order valence-corrected chi connectivity index (χ0v) is 20.1. The van der Waals surface area contributed by atoms with E-state index in [-0.39, 0.29) is 23.9 Å². The molecule has 0 aliphatic carbocycles. The first-order valence-corrected chi connectivity index (χ1v) is 12.7. The summed E-state index contributed by atoms with van der Waals surface area (Å²) in [6.45, 7) is 3.21. The minimum atomic E-state index is -3.63. The molecular formula is C24H28N4O5S. The number of carbonyl (C=O) groups is 1. The lowest BCUT2D eigenvalue weighted by molar-refractivity contribution is -0.136. The molecule has 180 valence electrons. The van der Waals surface area contributed by atoms with E-state index < -0.39 is 15.9 Å². The maximum atomic E-state index is 13.1. The SMILES string of the molecule is CCOc1ccc(-c2noc(CN(C)C(=O)C3CCCN(S(=O)(=O)c4ccccc4)C3)n2)cc1. The van der Waals surface area contributed by atoms with Crippen molar-refractivity contribution in [2.45, 2.75) is 31.2 Å². The molecule has 1 aliphatic heterocycles. The highest BCUT2D eigenvalue weighted by Crippen LogP contribution is 2.25. The molecule has 1 atom stereocenters. The van der Waals surface area contributed by atoms with E-state index >= 15 is 0 Å². The van der Waals surface area contributed by atoms with Crippen LogP contribution in [0.5, 0.6) is 5.75 Å². The third-order valence-corrected chi connectivity index (χ3v) is 7.63. The van der Waals surface area contributed by atoms with Crippen LogP contribution in [0.1, 0.15) is 25.7 Å². The minimum absolute atomic E-state index is 0.144. The van der Waals surface area contributed by atoms with Gasteiger partial charge in [0.1, 0.15) is 5.75 Å². The lowest BCUT2D eigenvalue weighted by Gasteiger charge is -2.33. The van der Waals surface area contributed by atoms with Gasteiger partial charge in [0.2, 0.25) is 27.6 Å². The molecule has 2 heterocycles. The van der Waals surface area contributed by atoms with Gasteiger partial charge in [0.05, 0.1) is 24.0 Å². The fourth-order valence-corrected chi connectivity index (χ4v) is 5.54. The number of hydrogen-bond acceptors (Lipinski definition) is 7. The van der Waals surface area contributed by atoms with Gasteiger partial charge in [0, 0.05) is 25.7 Å². The van der Waals surface area contributed by atoms with Crippen LogP contribution < -0.4 is 4.74 Å². The number of benzene rings is 2. The summed E-state index contributed by atoms with van der Waals surface area (Å²) >= 11 is 0. The van der Waals surface area contributed by atoms with E-state index in [0.29, 0.717) is 37.7 Å². The Hall–Kier alpha value is -3.24. The lowest BCUT2D eigenvalue weighted by atomic mass is 9.98. The second-order valence-corrected chi connectivity index (χ2v) is 10.1. The highest BCUT2D eigenvalue weighted by atomic mass is 32.2. The van der Waals surface area contributed by atoms with E-state index in [2.05, 4.69) is 10.1 Å². The van der Waals surface area contributed by atoms with Gasteiger partial charge in [-0.15, -0.1) is 0 Å². The Labute approximate surface area is 199 Å². The van der Waals surface area contributed by atoms with Crippen molar-refractivity contribution in [3.63, 3.8) is 0 Å². The van der Waals surface area contributed by atoms with Crippen LogP contribution in [0, 0.1) is 5.92 Å². The Kier molecular flexibility index (Phi) is 7.28. The maximum absolute atomic E-state index is 13.1. The van der Waals surface area contributed by atoms with E-state index in [9.17, 15) is 13.2 Å². The predicted octanol–water partition coefficient (Wildman–Crippen LogP) is 3.19. The first kappa shape index (κ1) is 23.9. The predicted molar refractivity (Wildman–Crippen MR) is 125 cm³/mol. The summed E-state index contributed by atoms with van der Waals surface area (Å²) in [7, 11) is -1.97. The average Bonchev–Trinajstić information content (AvgIpc) is 3.33. The molecule has 4 rings (SSSR count). The first-order valence-electron chi connectivity index (χ1n) is 11.2. The Morgan fingerprint density at radius 3 is 2.62 bits per heavy atom. The topological polar surface area (TPSA) is 106 Å². The lowest BCUT2D eigenvalue weighted by Crippen LogP contribution is -2.45. The third kappa shape index (κ3) is 5.28. The van der Waals surface area contributed by atoms with E-state index in [1.807, 2.05) is 31.2 Å². The van der Waals surface area contributed by atoms with Crippen molar-refractivity contribution in [3.8, 4) is 17.1 Å². The van der Waals surface area contributed by atoms with Crippen LogP contribution in [0.3, 0.4) is 0 Å². The fraction of sp³-hybridized carbons (Fsp3) is 0.375. The van der Waals surface area contributed by atoms with E-state index in [4.69, 9.17) is 9.26 Å². The molecule has 9 nitrogen and oxygen atoms in total. The van der Waals surface area contributed by atoms with Crippen molar-refractivity contribution in [3.05, 3.63) is 60.5 Å². The second kappa shape index (κ2) is 10.4. The van der Waals surface area contributed by atoms with Gasteiger partial charge in [0.15, 0.2) is 0 Å². The van der Waals surface area contributed by atoms with Gasteiger partial charge in [-0.1, -0.05) is 23.4 Å². The Morgan fingerprint density at radius 2 is 1.91 bits per heavy atom. The second-order valence-electron chi connectivity index (χ2n) is 8.18. The fourth-order valence-electron chi connectivity index (χ4n) is 4.00. The number of rotatable bonds is 8. The molecular weight excluding hydrogens is 456 g/mol. The molecule has 0 bridgehead atoms. The number of nitrogens with zero attached hydrogens (tertiary/aromatic N) is 4. The average molecular weight is 485 g/mol. The number of sulfonamides is 1. The van der Waals surface area contributed by atoms with Crippen molar-refractivity contribution in [2.75, 3.05) is 26.7 Å². The molecule has 1 fully saturated rings. The minimum Gasteiger partial charge on any atom is -0.494 e. The van der Waals surface area contributed by atoms with Crippen LogP contribution in [0.4, 0.5) is 0 Å². The zero-order valence-electron chi connectivity index (χ0n) is 19.3. The molecule has 34 heavy (non-hydrogen) atoms. The van der Waals surface area contributed by atoms with Gasteiger partial charge < -0.3 is 14.2 Å². The summed E-state index contributed by atoms with van der Waals surface area (Å²) in [5.74, 6) is 0.927. The summed E-state index contributed by atoms with van der Waals surface area (Å²) in [5, 5.41) is 4.01. The Balaban J connectivity index is 1.39. The van der Waals surface area contributed by atoms with Crippen LogP contribution in [0.15, 0.2) is 64.0 Å². The molecule has 10 heteroatoms. The van der Waals surface area contributed by atoms with Crippen molar-refractivity contribution in [1.82, 2.24) is 19.3 Å². The van der Waals surface area contributed by atoms with Gasteiger partial charge in [-0.05, 0) is 56.2 Å². The number of ether oxygens (including phenoxy) is 1. The highest BCUT2D eigenvalue weighted by molar-refractivity contribution is 7.89. The molecule has 1 aliphatic rings. The van der Waals surface area contributed by atoms with Crippen molar-refractivity contribution >= 4 is 15.9 Å². The van der Waals surface area contributed by atoms with Gasteiger partial charge in [-0.3, -0.25) is 4.79 Å². The summed E-state index contributed by atoms with van der Waals surface area (Å²) in [5.41, 5.74) is 0.779.